The standard InChI is InChI=1S/C21H27N3O5S2/c1-13-7-6-8-14(2)18(13)22-21(30)23-9-11-24(12-10-23)31(26,27)19-16(4)29-15(3)17(19)20(25)28-5/h6-8H,9-12H2,1-5H3,(H,22,30). The second-order valence-electron chi connectivity index (χ2n) is 7.50. The summed E-state index contributed by atoms with van der Waals surface area (Å²) < 4.78 is 38.2. The number of nitrogens with one attached hydrogen (secondary N) is 1. The molecular weight excluding hydrogens is 438 g/mol. The van der Waals surface area contributed by atoms with Crippen molar-refractivity contribution in [1.82, 2.24) is 9.21 Å². The van der Waals surface area contributed by atoms with E-state index in [4.69, 9.17) is 21.4 Å². The lowest BCUT2D eigenvalue weighted by Crippen LogP contribution is -2.51. The van der Waals surface area contributed by atoms with Crippen LogP contribution in [-0.2, 0) is 14.8 Å². The summed E-state index contributed by atoms with van der Waals surface area (Å²) in [6, 6.07) is 6.01. The second kappa shape index (κ2) is 8.97. The minimum absolute atomic E-state index is 0.0466. The first-order valence-corrected chi connectivity index (χ1v) is 11.7. The van der Waals surface area contributed by atoms with Crippen LogP contribution in [0, 0.1) is 27.7 Å². The zero-order chi connectivity index (χ0) is 22.9. The third-order valence-electron chi connectivity index (χ3n) is 5.43. The molecule has 0 spiro atoms. The molecule has 31 heavy (non-hydrogen) atoms. The molecule has 168 valence electrons. The molecule has 0 amide bonds. The number of nitrogens with zero attached hydrogens (tertiary/aromatic N) is 2. The van der Waals surface area contributed by atoms with Gasteiger partial charge in [0.15, 0.2) is 5.11 Å². The topological polar surface area (TPSA) is 92.1 Å². The van der Waals surface area contributed by atoms with E-state index in [-0.39, 0.29) is 35.1 Å². The van der Waals surface area contributed by atoms with Gasteiger partial charge in [0.25, 0.3) is 0 Å². The number of benzene rings is 1. The van der Waals surface area contributed by atoms with Crippen molar-refractivity contribution in [3.63, 3.8) is 0 Å². The van der Waals surface area contributed by atoms with Crippen molar-refractivity contribution in [2.75, 3.05) is 38.6 Å². The number of piperazine rings is 1. The van der Waals surface area contributed by atoms with Crippen molar-refractivity contribution < 1.29 is 22.4 Å². The maximum Gasteiger partial charge on any atom is 0.342 e. The first-order valence-electron chi connectivity index (χ1n) is 9.88. The van der Waals surface area contributed by atoms with Gasteiger partial charge in [0.2, 0.25) is 10.0 Å². The van der Waals surface area contributed by atoms with Crippen LogP contribution in [0.25, 0.3) is 0 Å². The molecule has 1 saturated heterocycles. The second-order valence-corrected chi connectivity index (χ2v) is 9.76. The molecule has 0 saturated carbocycles. The van der Waals surface area contributed by atoms with Crippen LogP contribution in [-0.4, -0.2) is 62.0 Å². The zero-order valence-corrected chi connectivity index (χ0v) is 19.9. The van der Waals surface area contributed by atoms with E-state index in [9.17, 15) is 13.2 Å². The number of hydrogen-bond donors (Lipinski definition) is 1. The van der Waals surface area contributed by atoms with E-state index in [0.717, 1.165) is 16.8 Å². The monoisotopic (exact) mass is 465 g/mol. The highest BCUT2D eigenvalue weighted by atomic mass is 32.2. The molecule has 3 rings (SSSR count). The fraction of sp³-hybridized carbons (Fsp3) is 0.429. The maximum absolute atomic E-state index is 13.3. The molecule has 0 unspecified atom stereocenters. The highest BCUT2D eigenvalue weighted by Crippen LogP contribution is 2.30. The summed E-state index contributed by atoms with van der Waals surface area (Å²) in [6.07, 6.45) is 0. The molecule has 1 aliphatic rings. The predicted molar refractivity (Wildman–Crippen MR) is 122 cm³/mol. The Labute approximate surface area is 188 Å². The summed E-state index contributed by atoms with van der Waals surface area (Å²) in [5.41, 5.74) is 3.10. The van der Waals surface area contributed by atoms with Gasteiger partial charge in [-0.2, -0.15) is 4.31 Å². The van der Waals surface area contributed by atoms with Crippen LogP contribution >= 0.6 is 12.2 Å². The number of esters is 1. The number of hydrogen-bond acceptors (Lipinski definition) is 6. The highest BCUT2D eigenvalue weighted by molar-refractivity contribution is 7.89. The van der Waals surface area contributed by atoms with E-state index in [0.29, 0.717) is 18.2 Å². The van der Waals surface area contributed by atoms with Crippen molar-refractivity contribution in [2.45, 2.75) is 32.6 Å². The lowest BCUT2D eigenvalue weighted by Gasteiger charge is -2.35. The molecule has 1 aliphatic heterocycles. The van der Waals surface area contributed by atoms with E-state index in [1.165, 1.54) is 18.3 Å². The van der Waals surface area contributed by atoms with Crippen LogP contribution < -0.4 is 5.32 Å². The van der Waals surface area contributed by atoms with Gasteiger partial charge in [-0.25, -0.2) is 13.2 Å². The SMILES string of the molecule is COC(=O)c1c(C)oc(C)c1S(=O)(=O)N1CCN(C(=S)Nc2c(C)cccc2C)CC1. The average Bonchev–Trinajstić information content (AvgIpc) is 3.04. The number of carbonyl (C=O) groups is 1. The molecule has 10 heteroatoms. The average molecular weight is 466 g/mol. The molecule has 1 N–H and O–H groups in total. The molecule has 1 aromatic heterocycles. The Bertz CT molecular complexity index is 1100. The van der Waals surface area contributed by atoms with Gasteiger partial charge in [-0.15, -0.1) is 0 Å². The number of aryl methyl sites for hydroxylation is 4. The number of furan rings is 1. The van der Waals surface area contributed by atoms with Crippen molar-refractivity contribution >= 4 is 39.0 Å². The molecule has 0 radical (unpaired) electrons. The lowest BCUT2D eigenvalue weighted by atomic mass is 10.1. The van der Waals surface area contributed by atoms with Crippen LogP contribution in [0.2, 0.25) is 0 Å². The molecule has 0 aliphatic carbocycles. The van der Waals surface area contributed by atoms with E-state index >= 15 is 0 Å². The number of anilines is 1. The normalized spacial score (nSPS) is 15.1. The molecule has 2 aromatic rings. The van der Waals surface area contributed by atoms with Crippen LogP contribution in [0.15, 0.2) is 27.5 Å². The number of carbonyl (C=O) groups excluding carboxylic acids is 1. The molecule has 8 nitrogen and oxygen atoms in total. The number of ether oxygens (including phenoxy) is 1. The number of para-hydroxylation sites is 1. The van der Waals surface area contributed by atoms with Gasteiger partial charge >= 0.3 is 5.97 Å². The Morgan fingerprint density at radius 1 is 1.06 bits per heavy atom. The molecule has 2 heterocycles. The van der Waals surface area contributed by atoms with Crippen molar-refractivity contribution in [2.24, 2.45) is 0 Å². The summed E-state index contributed by atoms with van der Waals surface area (Å²) >= 11 is 5.57. The van der Waals surface area contributed by atoms with Gasteiger partial charge in [0, 0.05) is 31.9 Å². The van der Waals surface area contributed by atoms with E-state index in [2.05, 4.69) is 5.32 Å². The largest absolute Gasteiger partial charge is 0.465 e. The van der Waals surface area contributed by atoms with Gasteiger partial charge in [-0.3, -0.25) is 0 Å². The van der Waals surface area contributed by atoms with E-state index < -0.39 is 16.0 Å². The summed E-state index contributed by atoms with van der Waals surface area (Å²) in [5, 5.41) is 3.85. The summed E-state index contributed by atoms with van der Waals surface area (Å²) in [4.78, 5) is 14.0. The van der Waals surface area contributed by atoms with Crippen LogP contribution in [0.1, 0.15) is 33.0 Å². The fourth-order valence-corrected chi connectivity index (χ4v) is 5.85. The first kappa shape index (κ1) is 23.2. The minimum atomic E-state index is -3.93. The number of rotatable bonds is 4. The smallest absolute Gasteiger partial charge is 0.342 e. The van der Waals surface area contributed by atoms with Crippen LogP contribution in [0.4, 0.5) is 5.69 Å². The quantitative estimate of drug-likeness (QED) is 0.544. The summed E-state index contributed by atoms with van der Waals surface area (Å²) in [5.74, 6) is -0.335. The molecule has 0 atom stereocenters. The summed E-state index contributed by atoms with van der Waals surface area (Å²) in [6.45, 7) is 8.44. The fourth-order valence-electron chi connectivity index (χ4n) is 3.77. The van der Waals surface area contributed by atoms with Crippen LogP contribution in [0.3, 0.4) is 0 Å². The number of sulfonamides is 1. The van der Waals surface area contributed by atoms with Gasteiger partial charge in [-0.05, 0) is 51.0 Å². The maximum atomic E-state index is 13.3. The van der Waals surface area contributed by atoms with Gasteiger partial charge in [-0.1, -0.05) is 18.2 Å². The Morgan fingerprint density at radius 3 is 2.19 bits per heavy atom. The third-order valence-corrected chi connectivity index (χ3v) is 7.84. The minimum Gasteiger partial charge on any atom is -0.465 e. The Kier molecular flexibility index (Phi) is 6.73. The van der Waals surface area contributed by atoms with Gasteiger partial charge in [0.1, 0.15) is 22.0 Å². The lowest BCUT2D eigenvalue weighted by molar-refractivity contribution is 0.0594. The third kappa shape index (κ3) is 4.46. The molecule has 0 bridgehead atoms. The molecular formula is C21H27N3O5S2. The molecule has 1 fully saturated rings. The zero-order valence-electron chi connectivity index (χ0n) is 18.3. The number of methoxy groups -OCH3 is 1. The van der Waals surface area contributed by atoms with Gasteiger partial charge in [0.05, 0.1) is 7.11 Å². The van der Waals surface area contributed by atoms with Crippen molar-refractivity contribution in [3.05, 3.63) is 46.4 Å². The van der Waals surface area contributed by atoms with E-state index in [1.54, 1.807) is 6.92 Å². The Morgan fingerprint density at radius 2 is 1.65 bits per heavy atom. The molecule has 1 aromatic carbocycles. The van der Waals surface area contributed by atoms with Gasteiger partial charge < -0.3 is 19.4 Å². The first-order chi connectivity index (χ1) is 14.6. The Balaban J connectivity index is 1.75. The highest BCUT2D eigenvalue weighted by Gasteiger charge is 2.37. The summed E-state index contributed by atoms with van der Waals surface area (Å²) in [7, 11) is -2.72. The van der Waals surface area contributed by atoms with Crippen LogP contribution in [0.5, 0.6) is 0 Å². The van der Waals surface area contributed by atoms with E-state index in [1.807, 2.05) is 36.9 Å². The predicted octanol–water partition coefficient (Wildman–Crippen LogP) is 3.00. The Hall–Kier alpha value is -2.43. The van der Waals surface area contributed by atoms with Crippen molar-refractivity contribution in [3.8, 4) is 0 Å². The van der Waals surface area contributed by atoms with Crippen molar-refractivity contribution in [1.29, 1.82) is 0 Å². The number of thiocarbonyl (C=S) groups is 1.